The fourth-order valence-corrected chi connectivity index (χ4v) is 5.48. The highest BCUT2D eigenvalue weighted by Crippen LogP contribution is 2.37. The minimum absolute atomic E-state index is 0.0471. The van der Waals surface area contributed by atoms with Gasteiger partial charge in [0.2, 0.25) is 0 Å². The number of nitrogens with zero attached hydrogens (tertiary/aromatic N) is 5. The molecule has 0 radical (unpaired) electrons. The van der Waals surface area contributed by atoms with Crippen molar-refractivity contribution >= 4 is 38.5 Å². The van der Waals surface area contributed by atoms with E-state index in [0.29, 0.717) is 23.8 Å². The van der Waals surface area contributed by atoms with Gasteiger partial charge >= 0.3 is 0 Å². The minimum atomic E-state index is -0.667. The van der Waals surface area contributed by atoms with Crippen LogP contribution < -0.4 is 4.74 Å². The number of aromatic nitrogens is 5. The molecule has 0 unspecified atom stereocenters. The maximum atomic E-state index is 15.0. The lowest BCUT2D eigenvalue weighted by Crippen LogP contribution is -2.02. The number of rotatable bonds is 5. The zero-order valence-corrected chi connectivity index (χ0v) is 22.4. The molecule has 6 nitrogen and oxygen atoms in total. The largest absolute Gasteiger partial charge is 0.451 e. The lowest BCUT2D eigenvalue weighted by molar-refractivity contribution is 0.426. The molecule has 7 aromatic rings. The van der Waals surface area contributed by atoms with Gasteiger partial charge < -0.3 is 4.74 Å². The number of halogens is 1. The quantitative estimate of drug-likeness (QED) is 0.168. The molecule has 0 bridgehead atoms. The number of para-hydroxylation sites is 2. The molecular weight excluding hydrogens is 501 g/mol. The molecule has 0 aliphatic carbocycles. The molecule has 0 aliphatic heterocycles. The summed E-state index contributed by atoms with van der Waals surface area (Å²) >= 11 is 0. The molecule has 2 aromatic carbocycles. The first-order valence-electron chi connectivity index (χ1n) is 13.3. The minimum Gasteiger partial charge on any atom is -0.451 e. The third kappa shape index (κ3) is 3.93. The number of aryl methyl sites for hydroxylation is 1. The molecule has 7 rings (SSSR count). The standard InChI is InChI=1S/C33H26FN5O/c1-19(2)24-10-8-13-28-30(24)31-25(33-38-26-11-4-5-12-27(26)39(28)33)17-23(18-36-31)40-29-16-21(20(3)37-32(29)34)15-22-9-6-7-14-35-22/h4-14,16-19H,15H2,1-3H3. The molecule has 5 aromatic heterocycles. The Balaban J connectivity index is 1.42. The van der Waals surface area contributed by atoms with E-state index >= 15 is 4.39 Å². The summed E-state index contributed by atoms with van der Waals surface area (Å²) in [7, 11) is 0. The van der Waals surface area contributed by atoms with Crippen LogP contribution in [0.5, 0.6) is 11.5 Å². The van der Waals surface area contributed by atoms with E-state index in [2.05, 4.69) is 52.5 Å². The van der Waals surface area contributed by atoms with Gasteiger partial charge in [-0.25, -0.2) is 9.97 Å². The van der Waals surface area contributed by atoms with E-state index in [-0.39, 0.29) is 5.75 Å². The summed E-state index contributed by atoms with van der Waals surface area (Å²) in [5.41, 5.74) is 8.11. The Bertz CT molecular complexity index is 2070. The Labute approximate surface area is 230 Å². The van der Waals surface area contributed by atoms with Crippen LogP contribution in [0.2, 0.25) is 0 Å². The second kappa shape index (κ2) is 9.38. The molecule has 196 valence electrons. The van der Waals surface area contributed by atoms with Gasteiger partial charge in [0.05, 0.1) is 28.3 Å². The van der Waals surface area contributed by atoms with Gasteiger partial charge in [0, 0.05) is 34.8 Å². The number of pyridine rings is 4. The SMILES string of the molecule is Cc1nc(F)c(Oc2cnc3c(c2)c2nc4ccccc4n2c2cccc(C(C)C)c32)cc1Cc1ccccn1. The van der Waals surface area contributed by atoms with Crippen LogP contribution in [0.15, 0.2) is 85.2 Å². The zero-order valence-electron chi connectivity index (χ0n) is 22.4. The van der Waals surface area contributed by atoms with Crippen molar-refractivity contribution in [1.29, 1.82) is 0 Å². The fraction of sp³-hybridized carbons (Fsp3) is 0.152. The fourth-order valence-electron chi connectivity index (χ4n) is 5.48. The van der Waals surface area contributed by atoms with Crippen molar-refractivity contribution in [1.82, 2.24) is 24.3 Å². The highest BCUT2D eigenvalue weighted by Gasteiger charge is 2.19. The van der Waals surface area contributed by atoms with Gasteiger partial charge in [-0.1, -0.05) is 44.2 Å². The molecule has 0 aliphatic rings. The first-order chi connectivity index (χ1) is 19.5. The van der Waals surface area contributed by atoms with E-state index in [4.69, 9.17) is 14.7 Å². The van der Waals surface area contributed by atoms with Crippen molar-refractivity contribution in [2.24, 2.45) is 0 Å². The van der Waals surface area contributed by atoms with Gasteiger partial charge in [-0.05, 0) is 66.4 Å². The van der Waals surface area contributed by atoms with Gasteiger partial charge in [-0.3, -0.25) is 14.4 Å². The molecule has 40 heavy (non-hydrogen) atoms. The average molecular weight is 528 g/mol. The number of fused-ring (bicyclic) bond motifs is 8. The Morgan fingerprint density at radius 2 is 1.73 bits per heavy atom. The Morgan fingerprint density at radius 1 is 0.900 bits per heavy atom. The molecule has 0 amide bonds. The number of ether oxygens (including phenoxy) is 1. The van der Waals surface area contributed by atoms with Gasteiger partial charge in [0.15, 0.2) is 5.75 Å². The third-order valence-corrected chi connectivity index (χ3v) is 7.40. The van der Waals surface area contributed by atoms with Gasteiger partial charge in [-0.15, -0.1) is 0 Å². The van der Waals surface area contributed by atoms with Crippen LogP contribution in [-0.4, -0.2) is 24.3 Å². The van der Waals surface area contributed by atoms with Crippen LogP contribution in [0, 0.1) is 12.9 Å². The molecular formula is C33H26FN5O. The van der Waals surface area contributed by atoms with Gasteiger partial charge in [0.25, 0.3) is 5.95 Å². The first-order valence-corrected chi connectivity index (χ1v) is 13.3. The molecule has 0 atom stereocenters. The summed E-state index contributed by atoms with van der Waals surface area (Å²) < 4.78 is 23.3. The Hall–Kier alpha value is -4.91. The maximum Gasteiger partial charge on any atom is 0.256 e. The zero-order chi connectivity index (χ0) is 27.4. The highest BCUT2D eigenvalue weighted by atomic mass is 19.1. The van der Waals surface area contributed by atoms with Crippen molar-refractivity contribution in [3.63, 3.8) is 0 Å². The highest BCUT2D eigenvalue weighted by molar-refractivity contribution is 6.13. The monoisotopic (exact) mass is 527 g/mol. The predicted molar refractivity (Wildman–Crippen MR) is 156 cm³/mol. The molecule has 0 saturated carbocycles. The summed E-state index contributed by atoms with van der Waals surface area (Å²) in [4.78, 5) is 18.4. The first kappa shape index (κ1) is 24.2. The van der Waals surface area contributed by atoms with Crippen molar-refractivity contribution in [2.45, 2.75) is 33.1 Å². The third-order valence-electron chi connectivity index (χ3n) is 7.40. The van der Waals surface area contributed by atoms with E-state index in [1.165, 1.54) is 5.56 Å². The van der Waals surface area contributed by atoms with E-state index in [9.17, 15) is 0 Å². The van der Waals surface area contributed by atoms with Crippen LogP contribution in [0.4, 0.5) is 4.39 Å². The summed E-state index contributed by atoms with van der Waals surface area (Å²) in [6, 6.07) is 23.8. The Morgan fingerprint density at radius 3 is 2.55 bits per heavy atom. The van der Waals surface area contributed by atoms with Crippen molar-refractivity contribution in [3.8, 4) is 11.5 Å². The van der Waals surface area contributed by atoms with Crippen molar-refractivity contribution in [2.75, 3.05) is 0 Å². The summed E-state index contributed by atoms with van der Waals surface area (Å²) in [5, 5.41) is 1.92. The number of hydrogen-bond acceptors (Lipinski definition) is 5. The van der Waals surface area contributed by atoms with Crippen LogP contribution in [0.25, 0.3) is 38.5 Å². The number of hydrogen-bond donors (Lipinski definition) is 0. The van der Waals surface area contributed by atoms with Crippen molar-refractivity contribution in [3.05, 3.63) is 114 Å². The summed E-state index contributed by atoms with van der Waals surface area (Å²) in [6.45, 7) is 6.16. The van der Waals surface area contributed by atoms with E-state index in [1.54, 1.807) is 25.4 Å². The van der Waals surface area contributed by atoms with Gasteiger partial charge in [0.1, 0.15) is 11.4 Å². The molecule has 5 heterocycles. The van der Waals surface area contributed by atoms with Crippen molar-refractivity contribution < 1.29 is 9.13 Å². The van der Waals surface area contributed by atoms with Crippen LogP contribution in [0.3, 0.4) is 0 Å². The normalized spacial score (nSPS) is 11.8. The Kier molecular flexibility index (Phi) is 5.66. The second-order valence-corrected chi connectivity index (χ2v) is 10.3. The number of imidazole rings is 1. The smallest absolute Gasteiger partial charge is 0.256 e. The average Bonchev–Trinajstić information content (AvgIpc) is 3.36. The molecule has 7 heteroatoms. The van der Waals surface area contributed by atoms with E-state index in [1.807, 2.05) is 42.5 Å². The summed E-state index contributed by atoms with van der Waals surface area (Å²) in [6.07, 6.45) is 3.92. The number of benzene rings is 2. The molecule has 0 spiro atoms. The van der Waals surface area contributed by atoms with Crippen LogP contribution in [0.1, 0.15) is 42.3 Å². The molecule has 0 N–H and O–H groups in total. The lowest BCUT2D eigenvalue weighted by Gasteiger charge is -2.15. The van der Waals surface area contributed by atoms with E-state index in [0.717, 1.165) is 49.7 Å². The van der Waals surface area contributed by atoms with Crippen LogP contribution in [-0.2, 0) is 6.42 Å². The van der Waals surface area contributed by atoms with E-state index < -0.39 is 5.95 Å². The molecule has 0 fully saturated rings. The topological polar surface area (TPSA) is 65.2 Å². The maximum absolute atomic E-state index is 15.0. The van der Waals surface area contributed by atoms with Crippen LogP contribution >= 0.6 is 0 Å². The summed E-state index contributed by atoms with van der Waals surface area (Å²) in [5.74, 6) is 0.0869. The predicted octanol–water partition coefficient (Wildman–Crippen LogP) is 7.93. The van der Waals surface area contributed by atoms with Gasteiger partial charge in [-0.2, -0.15) is 4.39 Å². The second-order valence-electron chi connectivity index (χ2n) is 10.3. The molecule has 0 saturated heterocycles. The lowest BCUT2D eigenvalue weighted by atomic mass is 9.96.